The molecule has 5 nitrogen and oxygen atoms in total. The molecule has 1 aromatic heterocycles. The van der Waals surface area contributed by atoms with Gasteiger partial charge in [0.25, 0.3) is 0 Å². The molecule has 0 spiro atoms. The first kappa shape index (κ1) is 15.5. The highest BCUT2D eigenvalue weighted by Gasteiger charge is 2.13. The summed E-state index contributed by atoms with van der Waals surface area (Å²) in [5.41, 5.74) is 0.116. The molecule has 0 saturated heterocycles. The third-order valence-corrected chi connectivity index (χ3v) is 4.02. The van der Waals surface area contributed by atoms with E-state index in [1.54, 1.807) is 0 Å². The van der Waals surface area contributed by atoms with E-state index in [9.17, 15) is 9.59 Å². The molecule has 1 saturated carbocycles. The summed E-state index contributed by atoms with van der Waals surface area (Å²) < 4.78 is 0. The lowest BCUT2D eigenvalue weighted by molar-refractivity contribution is -0.116. The van der Waals surface area contributed by atoms with Gasteiger partial charge in [0.2, 0.25) is 5.91 Å². The van der Waals surface area contributed by atoms with Crippen molar-refractivity contribution in [2.45, 2.75) is 51.4 Å². The molecule has 0 aromatic carbocycles. The molecule has 2 N–H and O–H groups in total. The van der Waals surface area contributed by atoms with Crippen molar-refractivity contribution < 1.29 is 14.7 Å². The van der Waals surface area contributed by atoms with Gasteiger partial charge in [-0.05, 0) is 30.9 Å². The summed E-state index contributed by atoms with van der Waals surface area (Å²) in [5, 5.41) is 11.5. The van der Waals surface area contributed by atoms with E-state index >= 15 is 0 Å². The van der Waals surface area contributed by atoms with E-state index in [-0.39, 0.29) is 11.5 Å². The molecular weight excluding hydrogens is 268 g/mol. The van der Waals surface area contributed by atoms with Gasteiger partial charge in [-0.25, -0.2) is 9.78 Å². The number of hydrogen-bond acceptors (Lipinski definition) is 3. The molecule has 1 aromatic rings. The van der Waals surface area contributed by atoms with E-state index in [0.717, 1.165) is 18.8 Å². The number of aromatic nitrogens is 1. The third-order valence-electron chi connectivity index (χ3n) is 4.02. The second-order valence-electron chi connectivity index (χ2n) is 5.68. The summed E-state index contributed by atoms with van der Waals surface area (Å²) >= 11 is 0. The number of anilines is 1. The minimum absolute atomic E-state index is 0.0543. The Labute approximate surface area is 124 Å². The summed E-state index contributed by atoms with van der Waals surface area (Å²) in [7, 11) is 0. The zero-order valence-corrected chi connectivity index (χ0v) is 12.2. The lowest BCUT2D eigenvalue weighted by Gasteiger charge is -2.21. The summed E-state index contributed by atoms with van der Waals surface area (Å²) in [4.78, 5) is 26.4. The van der Waals surface area contributed by atoms with Crippen molar-refractivity contribution in [2.75, 3.05) is 5.32 Å². The quantitative estimate of drug-likeness (QED) is 0.840. The smallest absolute Gasteiger partial charge is 0.337 e. The van der Waals surface area contributed by atoms with E-state index in [1.165, 1.54) is 50.4 Å². The lowest BCUT2D eigenvalue weighted by atomic mass is 9.86. The molecule has 2 rings (SSSR count). The Hall–Kier alpha value is -1.91. The summed E-state index contributed by atoms with van der Waals surface area (Å²) in [5.74, 6) is 0.122. The highest BCUT2D eigenvalue weighted by molar-refractivity contribution is 5.91. The van der Waals surface area contributed by atoms with Crippen LogP contribution >= 0.6 is 0 Å². The number of pyridine rings is 1. The van der Waals surface area contributed by atoms with E-state index in [1.807, 2.05) is 0 Å². The van der Waals surface area contributed by atoms with E-state index in [0.29, 0.717) is 12.2 Å². The molecule has 0 bridgehead atoms. The lowest BCUT2D eigenvalue weighted by Crippen LogP contribution is -2.14. The molecule has 0 atom stereocenters. The van der Waals surface area contributed by atoms with Crippen LogP contribution in [0.1, 0.15) is 61.7 Å². The van der Waals surface area contributed by atoms with Gasteiger partial charge in [-0.1, -0.05) is 32.1 Å². The van der Waals surface area contributed by atoms with Gasteiger partial charge in [0.1, 0.15) is 5.82 Å². The Morgan fingerprint density at radius 3 is 2.62 bits per heavy atom. The standard InChI is InChI=1S/C16H22N2O3/c19-15(8-4-7-12-5-2-1-3-6-12)18-14-10-9-13(11-17-14)16(20)21/h9-12H,1-8H2,(H,20,21)(H,17,18,19). The summed E-state index contributed by atoms with van der Waals surface area (Å²) in [6.45, 7) is 0. The zero-order chi connectivity index (χ0) is 15.1. The number of rotatable bonds is 6. The Balaban J connectivity index is 1.70. The summed E-state index contributed by atoms with van der Waals surface area (Å²) in [6, 6.07) is 2.95. The SMILES string of the molecule is O=C(CCCC1CCCCC1)Nc1ccc(C(=O)O)cn1. The first-order valence-electron chi connectivity index (χ1n) is 7.64. The number of nitrogens with one attached hydrogen (secondary N) is 1. The monoisotopic (exact) mass is 290 g/mol. The predicted octanol–water partition coefficient (Wildman–Crippen LogP) is 3.47. The maximum Gasteiger partial charge on any atom is 0.337 e. The van der Waals surface area contributed by atoms with Crippen LogP contribution in [0, 0.1) is 5.92 Å². The van der Waals surface area contributed by atoms with E-state index in [4.69, 9.17) is 5.11 Å². The van der Waals surface area contributed by atoms with Crippen LogP contribution in [0.3, 0.4) is 0 Å². The molecule has 1 fully saturated rings. The van der Waals surface area contributed by atoms with Crippen LogP contribution in [0.4, 0.5) is 5.82 Å². The third kappa shape index (κ3) is 5.17. The number of carbonyl (C=O) groups is 2. The number of aromatic carboxylic acids is 1. The average Bonchev–Trinajstić information content (AvgIpc) is 2.49. The number of carbonyl (C=O) groups excluding carboxylic acids is 1. The van der Waals surface area contributed by atoms with Gasteiger partial charge in [0.15, 0.2) is 0 Å². The number of carboxylic acid groups (broad SMARTS) is 1. The Kier molecular flexibility index (Phi) is 5.72. The van der Waals surface area contributed by atoms with Gasteiger partial charge >= 0.3 is 5.97 Å². The molecule has 1 amide bonds. The number of carboxylic acids is 1. The van der Waals surface area contributed by atoms with Crippen molar-refractivity contribution in [3.63, 3.8) is 0 Å². The first-order chi connectivity index (χ1) is 10.1. The molecule has 1 aliphatic rings. The topological polar surface area (TPSA) is 79.3 Å². The highest BCUT2D eigenvalue weighted by atomic mass is 16.4. The zero-order valence-electron chi connectivity index (χ0n) is 12.2. The van der Waals surface area contributed by atoms with Gasteiger partial charge in [0, 0.05) is 12.6 Å². The van der Waals surface area contributed by atoms with Crippen molar-refractivity contribution >= 4 is 17.7 Å². The molecule has 1 heterocycles. The maximum absolute atomic E-state index is 11.8. The predicted molar refractivity (Wildman–Crippen MR) is 80.3 cm³/mol. The van der Waals surface area contributed by atoms with Crippen LogP contribution < -0.4 is 5.32 Å². The van der Waals surface area contributed by atoms with Crippen molar-refractivity contribution in [2.24, 2.45) is 5.92 Å². The van der Waals surface area contributed by atoms with Crippen molar-refractivity contribution in [1.29, 1.82) is 0 Å². The second kappa shape index (κ2) is 7.76. The van der Waals surface area contributed by atoms with Crippen LogP contribution in [0.25, 0.3) is 0 Å². The molecule has 0 aliphatic heterocycles. The van der Waals surface area contributed by atoms with Gasteiger partial charge < -0.3 is 10.4 Å². The molecule has 114 valence electrons. The van der Waals surface area contributed by atoms with E-state index in [2.05, 4.69) is 10.3 Å². The van der Waals surface area contributed by atoms with Crippen LogP contribution in [0.5, 0.6) is 0 Å². The second-order valence-corrected chi connectivity index (χ2v) is 5.68. The Bertz CT molecular complexity index is 479. The average molecular weight is 290 g/mol. The fourth-order valence-corrected chi connectivity index (χ4v) is 2.83. The minimum atomic E-state index is -1.02. The van der Waals surface area contributed by atoms with Crippen molar-refractivity contribution in [3.8, 4) is 0 Å². The van der Waals surface area contributed by atoms with Crippen LogP contribution in [0.15, 0.2) is 18.3 Å². The Morgan fingerprint density at radius 2 is 2.00 bits per heavy atom. The van der Waals surface area contributed by atoms with Crippen molar-refractivity contribution in [3.05, 3.63) is 23.9 Å². The number of amides is 1. The molecule has 5 heteroatoms. The Morgan fingerprint density at radius 1 is 1.24 bits per heavy atom. The molecule has 0 unspecified atom stereocenters. The number of nitrogens with zero attached hydrogens (tertiary/aromatic N) is 1. The van der Waals surface area contributed by atoms with Gasteiger partial charge in [-0.15, -0.1) is 0 Å². The largest absolute Gasteiger partial charge is 0.478 e. The van der Waals surface area contributed by atoms with Gasteiger partial charge in [-0.2, -0.15) is 0 Å². The summed E-state index contributed by atoms with van der Waals surface area (Å²) in [6.07, 6.45) is 10.4. The maximum atomic E-state index is 11.8. The minimum Gasteiger partial charge on any atom is -0.478 e. The van der Waals surface area contributed by atoms with Crippen LogP contribution in [-0.2, 0) is 4.79 Å². The first-order valence-corrected chi connectivity index (χ1v) is 7.64. The van der Waals surface area contributed by atoms with Crippen LogP contribution in [-0.4, -0.2) is 22.0 Å². The fraction of sp³-hybridized carbons (Fsp3) is 0.562. The normalized spacial score (nSPS) is 15.6. The highest BCUT2D eigenvalue weighted by Crippen LogP contribution is 2.27. The van der Waals surface area contributed by atoms with Gasteiger partial charge in [-0.3, -0.25) is 4.79 Å². The van der Waals surface area contributed by atoms with Crippen molar-refractivity contribution in [1.82, 2.24) is 4.98 Å². The molecular formula is C16H22N2O3. The molecule has 0 radical (unpaired) electrons. The molecule has 1 aliphatic carbocycles. The fourth-order valence-electron chi connectivity index (χ4n) is 2.83. The number of hydrogen-bond donors (Lipinski definition) is 2. The van der Waals surface area contributed by atoms with Gasteiger partial charge in [0.05, 0.1) is 5.56 Å². The van der Waals surface area contributed by atoms with Crippen LogP contribution in [0.2, 0.25) is 0 Å². The van der Waals surface area contributed by atoms with E-state index < -0.39 is 5.97 Å². The molecule has 21 heavy (non-hydrogen) atoms.